The number of carbonyl (C=O) groups excluding carboxylic acids is 1. The maximum atomic E-state index is 13.9. The third kappa shape index (κ3) is 3.53. The molecular formula is C21H15F2N3O2. The van der Waals surface area contributed by atoms with Crippen LogP contribution in [0.15, 0.2) is 59.7 Å². The molecule has 0 spiro atoms. The standard InChI is InChI=1S/C21H15F2N3O2/c1-12-2-4-13(5-3-12)19(27)9-16-17(10-24)20(25)26(21(16)28)11-14-6-7-15(22)8-18(14)23/h2-9,25,27H,11H2,1H3/b19-9-,25-20?. The Hall–Kier alpha value is -3.79. The lowest BCUT2D eigenvalue weighted by molar-refractivity contribution is -0.123. The summed E-state index contributed by atoms with van der Waals surface area (Å²) in [6.07, 6.45) is 1.13. The van der Waals surface area contributed by atoms with Crippen LogP contribution >= 0.6 is 0 Å². The molecule has 0 unspecified atom stereocenters. The van der Waals surface area contributed by atoms with Crippen molar-refractivity contribution in [1.29, 1.82) is 10.7 Å². The fourth-order valence-corrected chi connectivity index (χ4v) is 2.78. The normalized spacial score (nSPS) is 14.6. The van der Waals surface area contributed by atoms with Gasteiger partial charge in [-0.25, -0.2) is 8.78 Å². The fraction of sp³-hybridized carbons (Fsp3) is 0.0952. The molecule has 0 saturated carbocycles. The predicted octanol–water partition coefficient (Wildman–Crippen LogP) is 4.01. The van der Waals surface area contributed by atoms with E-state index in [2.05, 4.69) is 0 Å². The van der Waals surface area contributed by atoms with Crippen molar-refractivity contribution in [2.24, 2.45) is 0 Å². The molecule has 0 atom stereocenters. The van der Waals surface area contributed by atoms with Crippen LogP contribution in [0.2, 0.25) is 0 Å². The van der Waals surface area contributed by atoms with Crippen LogP contribution in [-0.4, -0.2) is 21.7 Å². The average Bonchev–Trinajstić information content (AvgIpc) is 2.88. The summed E-state index contributed by atoms with van der Waals surface area (Å²) >= 11 is 0. The number of hydrogen-bond donors (Lipinski definition) is 2. The highest BCUT2D eigenvalue weighted by atomic mass is 19.1. The molecule has 1 heterocycles. The van der Waals surface area contributed by atoms with E-state index in [1.807, 2.05) is 6.92 Å². The Morgan fingerprint density at radius 3 is 2.54 bits per heavy atom. The van der Waals surface area contributed by atoms with E-state index in [9.17, 15) is 23.9 Å². The van der Waals surface area contributed by atoms with Crippen molar-refractivity contribution < 1.29 is 18.7 Å². The highest BCUT2D eigenvalue weighted by Crippen LogP contribution is 2.27. The lowest BCUT2D eigenvalue weighted by atomic mass is 10.1. The molecule has 0 bridgehead atoms. The summed E-state index contributed by atoms with van der Waals surface area (Å²) in [5.41, 5.74) is 1.04. The smallest absolute Gasteiger partial charge is 0.261 e. The van der Waals surface area contributed by atoms with Gasteiger partial charge in [0.25, 0.3) is 5.91 Å². The highest BCUT2D eigenvalue weighted by Gasteiger charge is 2.35. The van der Waals surface area contributed by atoms with Crippen molar-refractivity contribution in [3.63, 3.8) is 0 Å². The van der Waals surface area contributed by atoms with Gasteiger partial charge in [-0.15, -0.1) is 0 Å². The third-order valence-electron chi connectivity index (χ3n) is 4.34. The number of nitrogens with one attached hydrogen (secondary N) is 1. The highest BCUT2D eigenvalue weighted by molar-refractivity contribution is 6.23. The minimum absolute atomic E-state index is 0.00442. The molecule has 28 heavy (non-hydrogen) atoms. The van der Waals surface area contributed by atoms with Crippen molar-refractivity contribution in [1.82, 2.24) is 4.90 Å². The largest absolute Gasteiger partial charge is 0.507 e. The van der Waals surface area contributed by atoms with Gasteiger partial charge in [-0.2, -0.15) is 5.26 Å². The van der Waals surface area contributed by atoms with Gasteiger partial charge in [0.1, 0.15) is 34.9 Å². The second-order valence-electron chi connectivity index (χ2n) is 6.27. The molecule has 2 N–H and O–H groups in total. The first-order chi connectivity index (χ1) is 13.3. The van der Waals surface area contributed by atoms with Crippen molar-refractivity contribution in [2.75, 3.05) is 0 Å². The second-order valence-corrected chi connectivity index (χ2v) is 6.27. The maximum Gasteiger partial charge on any atom is 0.261 e. The Labute approximate surface area is 160 Å². The van der Waals surface area contributed by atoms with Crippen LogP contribution in [0.1, 0.15) is 16.7 Å². The van der Waals surface area contributed by atoms with Crippen LogP contribution in [0.25, 0.3) is 5.76 Å². The van der Waals surface area contributed by atoms with E-state index in [0.29, 0.717) is 11.6 Å². The zero-order chi connectivity index (χ0) is 20.4. The monoisotopic (exact) mass is 379 g/mol. The minimum atomic E-state index is -0.856. The fourth-order valence-electron chi connectivity index (χ4n) is 2.78. The number of amidine groups is 1. The molecule has 1 aliphatic rings. The first kappa shape index (κ1) is 19.0. The first-order valence-corrected chi connectivity index (χ1v) is 8.28. The minimum Gasteiger partial charge on any atom is -0.507 e. The number of carbonyl (C=O) groups is 1. The van der Waals surface area contributed by atoms with Crippen LogP contribution in [0.4, 0.5) is 8.78 Å². The van der Waals surface area contributed by atoms with Gasteiger partial charge in [0.05, 0.1) is 12.1 Å². The van der Waals surface area contributed by atoms with Crippen LogP contribution in [-0.2, 0) is 11.3 Å². The number of amides is 1. The summed E-state index contributed by atoms with van der Waals surface area (Å²) in [6.45, 7) is 1.55. The van der Waals surface area contributed by atoms with Crippen LogP contribution in [0, 0.1) is 35.3 Å². The lowest BCUT2D eigenvalue weighted by Gasteiger charge is -2.17. The van der Waals surface area contributed by atoms with E-state index in [1.165, 1.54) is 6.07 Å². The van der Waals surface area contributed by atoms with E-state index in [4.69, 9.17) is 5.41 Å². The molecule has 1 amide bonds. The number of aliphatic hydroxyl groups is 1. The van der Waals surface area contributed by atoms with E-state index >= 15 is 0 Å². The molecular weight excluding hydrogens is 364 g/mol. The van der Waals surface area contributed by atoms with Crippen molar-refractivity contribution in [3.8, 4) is 6.07 Å². The van der Waals surface area contributed by atoms with Crippen molar-refractivity contribution >= 4 is 17.5 Å². The van der Waals surface area contributed by atoms with Gasteiger partial charge in [-0.1, -0.05) is 35.9 Å². The number of nitriles is 1. The van der Waals surface area contributed by atoms with E-state index in [1.54, 1.807) is 30.3 Å². The molecule has 2 aromatic carbocycles. The zero-order valence-electron chi connectivity index (χ0n) is 14.8. The van der Waals surface area contributed by atoms with Crippen LogP contribution < -0.4 is 0 Å². The van der Waals surface area contributed by atoms with Crippen molar-refractivity contribution in [2.45, 2.75) is 13.5 Å². The first-order valence-electron chi connectivity index (χ1n) is 8.28. The van der Waals surface area contributed by atoms with E-state index in [-0.39, 0.29) is 29.0 Å². The van der Waals surface area contributed by atoms with Gasteiger partial charge in [0, 0.05) is 17.2 Å². The number of hydrogen-bond acceptors (Lipinski definition) is 4. The van der Waals surface area contributed by atoms with Crippen LogP contribution in [0.3, 0.4) is 0 Å². The SMILES string of the molecule is Cc1ccc(/C(O)=C/C2=C(C#N)C(=N)N(Cc3ccc(F)cc3F)C2=O)cc1. The molecule has 0 aromatic heterocycles. The molecule has 0 fully saturated rings. The van der Waals surface area contributed by atoms with Gasteiger partial charge < -0.3 is 5.11 Å². The quantitative estimate of drug-likeness (QED) is 0.787. The average molecular weight is 379 g/mol. The number of benzene rings is 2. The number of nitrogens with zero attached hydrogens (tertiary/aromatic N) is 2. The summed E-state index contributed by atoms with van der Waals surface area (Å²) in [5.74, 6) is -2.97. The summed E-state index contributed by atoms with van der Waals surface area (Å²) in [7, 11) is 0. The Morgan fingerprint density at radius 2 is 1.93 bits per heavy atom. The summed E-state index contributed by atoms with van der Waals surface area (Å²) in [6, 6.07) is 11.6. The molecule has 2 aromatic rings. The molecule has 0 radical (unpaired) electrons. The number of aliphatic hydroxyl groups excluding tert-OH is 1. The number of halogens is 2. The molecule has 5 nitrogen and oxygen atoms in total. The van der Waals surface area contributed by atoms with E-state index < -0.39 is 23.4 Å². The van der Waals surface area contributed by atoms with Gasteiger partial charge >= 0.3 is 0 Å². The second kappa shape index (κ2) is 7.45. The molecule has 0 saturated heterocycles. The Morgan fingerprint density at radius 1 is 1.25 bits per heavy atom. The zero-order valence-corrected chi connectivity index (χ0v) is 14.8. The predicted molar refractivity (Wildman–Crippen MR) is 99.1 cm³/mol. The Balaban J connectivity index is 1.93. The maximum absolute atomic E-state index is 13.9. The molecule has 7 heteroatoms. The third-order valence-corrected chi connectivity index (χ3v) is 4.34. The molecule has 3 rings (SSSR count). The number of aryl methyl sites for hydroxylation is 1. The summed E-state index contributed by atoms with van der Waals surface area (Å²) < 4.78 is 27.0. The molecule has 1 aliphatic heterocycles. The van der Waals surface area contributed by atoms with Crippen LogP contribution in [0.5, 0.6) is 0 Å². The van der Waals surface area contributed by atoms with Gasteiger partial charge in [-0.3, -0.25) is 15.1 Å². The molecule has 140 valence electrons. The summed E-state index contributed by atoms with van der Waals surface area (Å²) in [5, 5.41) is 27.8. The van der Waals surface area contributed by atoms with E-state index in [0.717, 1.165) is 22.6 Å². The molecule has 0 aliphatic carbocycles. The Kier molecular flexibility index (Phi) is 5.05. The van der Waals surface area contributed by atoms with Crippen molar-refractivity contribution in [3.05, 3.63) is 88.0 Å². The number of rotatable bonds is 4. The topological polar surface area (TPSA) is 88.2 Å². The lowest BCUT2D eigenvalue weighted by Crippen LogP contribution is -2.31. The van der Waals surface area contributed by atoms with Gasteiger partial charge in [0.15, 0.2) is 0 Å². The van der Waals surface area contributed by atoms with Gasteiger partial charge in [-0.05, 0) is 19.1 Å². The van der Waals surface area contributed by atoms with Gasteiger partial charge in [0.2, 0.25) is 0 Å². The Bertz CT molecular complexity index is 1080. The summed E-state index contributed by atoms with van der Waals surface area (Å²) in [4.78, 5) is 13.6.